The second-order valence-corrected chi connectivity index (χ2v) is 7.04. The Bertz CT molecular complexity index is 455. The van der Waals surface area contributed by atoms with Crippen molar-refractivity contribution in [1.29, 1.82) is 0 Å². The molecule has 2 nitrogen and oxygen atoms in total. The van der Waals surface area contributed by atoms with Crippen LogP contribution in [0.5, 0.6) is 0 Å². The molecule has 1 N–H and O–H groups in total. The van der Waals surface area contributed by atoms with Crippen molar-refractivity contribution in [2.45, 2.75) is 44.8 Å². The number of benzene rings is 1. The summed E-state index contributed by atoms with van der Waals surface area (Å²) in [5.74, 6) is 0.714. The van der Waals surface area contributed by atoms with E-state index in [0.717, 1.165) is 42.0 Å². The van der Waals surface area contributed by atoms with Crippen molar-refractivity contribution in [3.05, 3.63) is 34.1 Å². The van der Waals surface area contributed by atoms with Crippen LogP contribution in [0.15, 0.2) is 22.7 Å². The molecule has 0 radical (unpaired) electrons. The second-order valence-electron chi connectivity index (χ2n) is 6.12. The standard InChI is InChI=1S/C16H22BrFN2/c1-2-15-8-19-16(12-3-4-12)10-20(15)9-11-5-13(17)7-14(18)6-11/h5-7,12,15-16,19H,2-4,8-10H2,1H3. The highest BCUT2D eigenvalue weighted by molar-refractivity contribution is 9.10. The van der Waals surface area contributed by atoms with Gasteiger partial charge in [-0.25, -0.2) is 4.39 Å². The van der Waals surface area contributed by atoms with Crippen LogP contribution in [0, 0.1) is 11.7 Å². The Morgan fingerprint density at radius 1 is 1.35 bits per heavy atom. The Kier molecular flexibility index (Phi) is 4.43. The number of nitrogens with one attached hydrogen (secondary N) is 1. The molecule has 2 unspecified atom stereocenters. The van der Waals surface area contributed by atoms with E-state index < -0.39 is 0 Å². The van der Waals surface area contributed by atoms with Gasteiger partial charge >= 0.3 is 0 Å². The topological polar surface area (TPSA) is 15.3 Å². The fourth-order valence-corrected chi connectivity index (χ4v) is 3.74. The van der Waals surface area contributed by atoms with E-state index in [4.69, 9.17) is 0 Å². The van der Waals surface area contributed by atoms with Crippen LogP contribution in [0.3, 0.4) is 0 Å². The van der Waals surface area contributed by atoms with E-state index in [1.54, 1.807) is 6.07 Å². The SMILES string of the molecule is CCC1CNC(C2CC2)CN1Cc1cc(F)cc(Br)c1. The Labute approximate surface area is 128 Å². The zero-order chi connectivity index (χ0) is 14.1. The summed E-state index contributed by atoms with van der Waals surface area (Å²) >= 11 is 3.38. The molecule has 0 spiro atoms. The average molecular weight is 341 g/mol. The van der Waals surface area contributed by atoms with Gasteiger partial charge in [0, 0.05) is 36.2 Å². The number of nitrogens with zero attached hydrogens (tertiary/aromatic N) is 1. The summed E-state index contributed by atoms with van der Waals surface area (Å²) in [4.78, 5) is 2.53. The molecule has 1 heterocycles. The lowest BCUT2D eigenvalue weighted by atomic mass is 10.0. The molecular formula is C16H22BrFN2. The highest BCUT2D eigenvalue weighted by atomic mass is 79.9. The van der Waals surface area contributed by atoms with Crippen molar-refractivity contribution < 1.29 is 4.39 Å². The van der Waals surface area contributed by atoms with E-state index >= 15 is 0 Å². The molecule has 110 valence electrons. The lowest BCUT2D eigenvalue weighted by molar-refractivity contribution is 0.111. The van der Waals surface area contributed by atoms with E-state index in [9.17, 15) is 4.39 Å². The van der Waals surface area contributed by atoms with Gasteiger partial charge in [0.2, 0.25) is 0 Å². The molecule has 0 bridgehead atoms. The van der Waals surface area contributed by atoms with Gasteiger partial charge in [0.15, 0.2) is 0 Å². The van der Waals surface area contributed by atoms with E-state index in [0.29, 0.717) is 12.1 Å². The average Bonchev–Trinajstić information content (AvgIpc) is 3.21. The maximum Gasteiger partial charge on any atom is 0.124 e. The summed E-state index contributed by atoms with van der Waals surface area (Å²) in [5, 5.41) is 3.70. The molecule has 1 aliphatic heterocycles. The third-order valence-electron chi connectivity index (χ3n) is 4.53. The molecule has 0 aromatic heterocycles. The van der Waals surface area contributed by atoms with Crippen LogP contribution in [0.2, 0.25) is 0 Å². The van der Waals surface area contributed by atoms with Crippen molar-refractivity contribution in [2.24, 2.45) is 5.92 Å². The maximum absolute atomic E-state index is 13.5. The van der Waals surface area contributed by atoms with E-state index in [1.807, 2.05) is 6.07 Å². The van der Waals surface area contributed by atoms with Gasteiger partial charge in [-0.15, -0.1) is 0 Å². The first kappa shape index (κ1) is 14.5. The highest BCUT2D eigenvalue weighted by Gasteiger charge is 2.36. The fraction of sp³-hybridized carbons (Fsp3) is 0.625. The molecule has 2 atom stereocenters. The predicted molar refractivity (Wildman–Crippen MR) is 83.1 cm³/mol. The summed E-state index contributed by atoms with van der Waals surface area (Å²) in [7, 11) is 0. The minimum Gasteiger partial charge on any atom is -0.311 e. The maximum atomic E-state index is 13.5. The molecule has 3 rings (SSSR count). The lowest BCUT2D eigenvalue weighted by Crippen LogP contribution is -2.56. The number of hydrogen-bond acceptors (Lipinski definition) is 2. The van der Waals surface area contributed by atoms with E-state index in [1.165, 1.54) is 18.9 Å². The van der Waals surface area contributed by atoms with E-state index in [2.05, 4.69) is 33.1 Å². The summed E-state index contributed by atoms with van der Waals surface area (Å²) in [5.41, 5.74) is 1.06. The molecule has 2 aliphatic rings. The van der Waals surface area contributed by atoms with Crippen molar-refractivity contribution >= 4 is 15.9 Å². The summed E-state index contributed by atoms with van der Waals surface area (Å²) in [6.07, 6.45) is 3.88. The molecule has 20 heavy (non-hydrogen) atoms. The van der Waals surface area contributed by atoms with Crippen LogP contribution in [-0.2, 0) is 6.54 Å². The molecule has 1 saturated carbocycles. The summed E-state index contributed by atoms with van der Waals surface area (Å²) in [6.45, 7) is 5.24. The van der Waals surface area contributed by atoms with Crippen molar-refractivity contribution in [3.8, 4) is 0 Å². The van der Waals surface area contributed by atoms with Gasteiger partial charge in [-0.3, -0.25) is 4.90 Å². The summed E-state index contributed by atoms with van der Waals surface area (Å²) in [6, 6.07) is 6.41. The molecule has 1 aromatic carbocycles. The molecule has 1 aromatic rings. The first-order valence-electron chi connectivity index (χ1n) is 7.58. The minimum absolute atomic E-state index is 0.156. The zero-order valence-corrected chi connectivity index (χ0v) is 13.5. The second kappa shape index (κ2) is 6.12. The first-order chi connectivity index (χ1) is 9.65. The Hall–Kier alpha value is -0.450. The first-order valence-corrected chi connectivity index (χ1v) is 8.37. The number of hydrogen-bond donors (Lipinski definition) is 1. The minimum atomic E-state index is -0.156. The quantitative estimate of drug-likeness (QED) is 0.901. The lowest BCUT2D eigenvalue weighted by Gasteiger charge is -2.40. The third-order valence-corrected chi connectivity index (χ3v) is 4.99. The highest BCUT2D eigenvalue weighted by Crippen LogP contribution is 2.34. The van der Waals surface area contributed by atoms with Crippen LogP contribution in [-0.4, -0.2) is 30.1 Å². The smallest absolute Gasteiger partial charge is 0.124 e. The van der Waals surface area contributed by atoms with Gasteiger partial charge in [-0.05, 0) is 48.9 Å². The van der Waals surface area contributed by atoms with Gasteiger partial charge < -0.3 is 5.32 Å². The number of rotatable bonds is 4. The molecule has 1 saturated heterocycles. The molecule has 4 heteroatoms. The third kappa shape index (κ3) is 3.41. The molecule has 0 amide bonds. The number of halogens is 2. The van der Waals surface area contributed by atoms with Gasteiger partial charge in [-0.2, -0.15) is 0 Å². The Morgan fingerprint density at radius 3 is 2.80 bits per heavy atom. The van der Waals surface area contributed by atoms with Crippen LogP contribution in [0.1, 0.15) is 31.7 Å². The molecular weight excluding hydrogens is 319 g/mol. The number of piperazine rings is 1. The van der Waals surface area contributed by atoms with Crippen LogP contribution >= 0.6 is 15.9 Å². The largest absolute Gasteiger partial charge is 0.311 e. The summed E-state index contributed by atoms with van der Waals surface area (Å²) < 4.78 is 14.3. The van der Waals surface area contributed by atoms with Gasteiger partial charge in [0.05, 0.1) is 0 Å². The van der Waals surface area contributed by atoms with Crippen LogP contribution in [0.4, 0.5) is 4.39 Å². The van der Waals surface area contributed by atoms with Crippen molar-refractivity contribution in [2.75, 3.05) is 13.1 Å². The monoisotopic (exact) mass is 340 g/mol. The predicted octanol–water partition coefficient (Wildman–Crippen LogP) is 3.55. The van der Waals surface area contributed by atoms with Crippen molar-refractivity contribution in [3.63, 3.8) is 0 Å². The van der Waals surface area contributed by atoms with Crippen LogP contribution < -0.4 is 5.32 Å². The van der Waals surface area contributed by atoms with E-state index in [-0.39, 0.29) is 5.82 Å². The normalized spacial score (nSPS) is 27.8. The Morgan fingerprint density at radius 2 is 2.15 bits per heavy atom. The van der Waals surface area contributed by atoms with Gasteiger partial charge in [-0.1, -0.05) is 22.9 Å². The van der Waals surface area contributed by atoms with Crippen LogP contribution in [0.25, 0.3) is 0 Å². The fourth-order valence-electron chi connectivity index (χ4n) is 3.23. The zero-order valence-electron chi connectivity index (χ0n) is 11.9. The van der Waals surface area contributed by atoms with Gasteiger partial charge in [0.25, 0.3) is 0 Å². The molecule has 1 aliphatic carbocycles. The molecule has 2 fully saturated rings. The Balaban J connectivity index is 1.71. The van der Waals surface area contributed by atoms with Gasteiger partial charge in [0.1, 0.15) is 5.82 Å². The van der Waals surface area contributed by atoms with Crippen molar-refractivity contribution in [1.82, 2.24) is 10.2 Å².